The fourth-order valence-electron chi connectivity index (χ4n) is 2.81. The average Bonchev–Trinajstić information content (AvgIpc) is 2.76. The predicted molar refractivity (Wildman–Crippen MR) is 68.9 cm³/mol. The van der Waals surface area contributed by atoms with Crippen molar-refractivity contribution < 1.29 is 14.6 Å². The van der Waals surface area contributed by atoms with Crippen LogP contribution in [0.4, 0.5) is 0 Å². The van der Waals surface area contributed by atoms with Crippen molar-refractivity contribution >= 4 is 0 Å². The first-order chi connectivity index (χ1) is 8.61. The van der Waals surface area contributed by atoms with Crippen molar-refractivity contribution in [2.45, 2.75) is 51.4 Å². The highest BCUT2D eigenvalue weighted by atomic mass is 16.4. The molecule has 1 heterocycles. The molecular formula is C14H23NO3. The van der Waals surface area contributed by atoms with Crippen LogP contribution in [0.25, 0.3) is 0 Å². The molecule has 4 heteroatoms. The highest BCUT2D eigenvalue weighted by molar-refractivity contribution is 5.06. The largest absolute Gasteiger partial charge is 0.462 e. The van der Waals surface area contributed by atoms with E-state index in [1.165, 1.54) is 6.42 Å². The number of rotatable bonds is 5. The first-order valence-corrected chi connectivity index (χ1v) is 6.73. The normalized spacial score (nSPS) is 28.5. The van der Waals surface area contributed by atoms with Gasteiger partial charge in [-0.3, -0.25) is 0 Å². The molecule has 18 heavy (non-hydrogen) atoms. The Morgan fingerprint density at radius 1 is 1.44 bits per heavy atom. The lowest BCUT2D eigenvalue weighted by Crippen LogP contribution is -2.43. The Labute approximate surface area is 108 Å². The summed E-state index contributed by atoms with van der Waals surface area (Å²) in [5, 5.41) is 22.6. The molecular weight excluding hydrogens is 230 g/mol. The number of hydrogen-bond donors (Lipinski definition) is 3. The zero-order valence-corrected chi connectivity index (χ0v) is 11.0. The molecule has 102 valence electrons. The van der Waals surface area contributed by atoms with Crippen molar-refractivity contribution in [2.75, 3.05) is 6.54 Å². The maximum absolute atomic E-state index is 10.4. The van der Waals surface area contributed by atoms with Crippen LogP contribution in [0.5, 0.6) is 0 Å². The van der Waals surface area contributed by atoms with E-state index in [0.29, 0.717) is 24.8 Å². The van der Waals surface area contributed by atoms with Crippen LogP contribution in [0.3, 0.4) is 0 Å². The van der Waals surface area contributed by atoms with Crippen LogP contribution in [-0.4, -0.2) is 22.4 Å². The number of furan rings is 1. The summed E-state index contributed by atoms with van der Waals surface area (Å²) in [6, 6.07) is 3.63. The van der Waals surface area contributed by atoms with E-state index >= 15 is 0 Å². The summed E-state index contributed by atoms with van der Waals surface area (Å²) < 4.78 is 5.38. The third-order valence-corrected chi connectivity index (χ3v) is 3.69. The van der Waals surface area contributed by atoms with E-state index < -0.39 is 5.60 Å². The van der Waals surface area contributed by atoms with Gasteiger partial charge in [-0.15, -0.1) is 0 Å². The average molecular weight is 253 g/mol. The van der Waals surface area contributed by atoms with Gasteiger partial charge in [-0.2, -0.15) is 0 Å². The lowest BCUT2D eigenvalue weighted by molar-refractivity contribution is -0.0122. The Hall–Kier alpha value is -0.840. The summed E-state index contributed by atoms with van der Waals surface area (Å²) >= 11 is 0. The van der Waals surface area contributed by atoms with Gasteiger partial charge in [0, 0.05) is 6.54 Å². The van der Waals surface area contributed by atoms with Crippen molar-refractivity contribution in [3.63, 3.8) is 0 Å². The van der Waals surface area contributed by atoms with Gasteiger partial charge < -0.3 is 19.9 Å². The molecule has 4 nitrogen and oxygen atoms in total. The maximum atomic E-state index is 10.4. The van der Waals surface area contributed by atoms with E-state index in [9.17, 15) is 5.11 Å². The summed E-state index contributed by atoms with van der Waals surface area (Å²) in [6.07, 6.45) is 4.08. The van der Waals surface area contributed by atoms with Gasteiger partial charge in [-0.05, 0) is 30.9 Å². The molecule has 0 radical (unpaired) electrons. The summed E-state index contributed by atoms with van der Waals surface area (Å²) in [6.45, 7) is 3.33. The monoisotopic (exact) mass is 253 g/mol. The van der Waals surface area contributed by atoms with Gasteiger partial charge in [-0.25, -0.2) is 0 Å². The van der Waals surface area contributed by atoms with Gasteiger partial charge in [0.25, 0.3) is 0 Å². The van der Waals surface area contributed by atoms with Gasteiger partial charge in [0.05, 0.1) is 12.1 Å². The topological polar surface area (TPSA) is 65.6 Å². The van der Waals surface area contributed by atoms with Crippen molar-refractivity contribution in [1.29, 1.82) is 0 Å². The maximum Gasteiger partial charge on any atom is 0.129 e. The molecule has 1 aromatic rings. The molecule has 1 aliphatic carbocycles. The second kappa shape index (κ2) is 5.87. The van der Waals surface area contributed by atoms with Gasteiger partial charge in [0.1, 0.15) is 18.1 Å². The quantitative estimate of drug-likeness (QED) is 0.748. The van der Waals surface area contributed by atoms with E-state index in [-0.39, 0.29) is 6.61 Å². The number of nitrogens with one attached hydrogen (secondary N) is 1. The standard InChI is InChI=1S/C14H23NO3/c1-11-3-2-6-14(17,7-11)10-15-8-12-4-5-13(9-16)18-12/h4-5,11,15-17H,2-3,6-10H2,1H3. The molecule has 0 saturated heterocycles. The molecule has 2 atom stereocenters. The van der Waals surface area contributed by atoms with Gasteiger partial charge in [0.2, 0.25) is 0 Å². The van der Waals surface area contributed by atoms with Crippen LogP contribution in [0.15, 0.2) is 16.5 Å². The number of hydrogen-bond acceptors (Lipinski definition) is 4. The molecule has 1 aliphatic rings. The molecule has 1 saturated carbocycles. The minimum atomic E-state index is -0.565. The van der Waals surface area contributed by atoms with Gasteiger partial charge in [0.15, 0.2) is 0 Å². The van der Waals surface area contributed by atoms with Crippen molar-refractivity contribution in [3.05, 3.63) is 23.7 Å². The smallest absolute Gasteiger partial charge is 0.129 e. The first kappa shape index (κ1) is 13.6. The Morgan fingerprint density at radius 3 is 2.89 bits per heavy atom. The SMILES string of the molecule is CC1CCCC(O)(CNCc2ccc(CO)o2)C1. The van der Waals surface area contributed by atoms with Crippen molar-refractivity contribution in [2.24, 2.45) is 5.92 Å². The van der Waals surface area contributed by atoms with Gasteiger partial charge in [-0.1, -0.05) is 19.8 Å². The van der Waals surface area contributed by atoms with Crippen LogP contribution in [-0.2, 0) is 13.2 Å². The number of aliphatic hydroxyl groups excluding tert-OH is 1. The summed E-state index contributed by atoms with van der Waals surface area (Å²) in [4.78, 5) is 0. The lowest BCUT2D eigenvalue weighted by atomic mass is 9.79. The first-order valence-electron chi connectivity index (χ1n) is 6.73. The van der Waals surface area contributed by atoms with Gasteiger partial charge >= 0.3 is 0 Å². The van der Waals surface area contributed by atoms with E-state index in [1.807, 2.05) is 6.07 Å². The fourth-order valence-corrected chi connectivity index (χ4v) is 2.81. The van der Waals surface area contributed by atoms with Crippen LogP contribution < -0.4 is 5.32 Å². The Morgan fingerprint density at radius 2 is 2.22 bits per heavy atom. The number of aliphatic hydroxyl groups is 2. The van der Waals surface area contributed by atoms with Crippen molar-refractivity contribution in [3.8, 4) is 0 Å². The molecule has 2 rings (SSSR count). The third-order valence-electron chi connectivity index (χ3n) is 3.69. The third kappa shape index (κ3) is 3.57. The molecule has 0 aromatic carbocycles. The summed E-state index contributed by atoms with van der Waals surface area (Å²) in [5.41, 5.74) is -0.565. The van der Waals surface area contributed by atoms with E-state index in [2.05, 4.69) is 12.2 Å². The Balaban J connectivity index is 1.77. The lowest BCUT2D eigenvalue weighted by Gasteiger charge is -2.35. The van der Waals surface area contributed by atoms with Crippen molar-refractivity contribution in [1.82, 2.24) is 5.32 Å². The van der Waals surface area contributed by atoms with Crippen LogP contribution >= 0.6 is 0 Å². The molecule has 0 bridgehead atoms. The van der Waals surface area contributed by atoms with E-state index in [0.717, 1.165) is 25.0 Å². The molecule has 0 spiro atoms. The predicted octanol–water partition coefficient (Wildman–Crippen LogP) is 1.80. The molecule has 2 unspecified atom stereocenters. The molecule has 1 fully saturated rings. The summed E-state index contributed by atoms with van der Waals surface area (Å²) in [7, 11) is 0. The Kier molecular flexibility index (Phi) is 4.43. The fraction of sp³-hybridized carbons (Fsp3) is 0.714. The van der Waals surface area contributed by atoms with Crippen LogP contribution in [0.2, 0.25) is 0 Å². The second-order valence-electron chi connectivity index (χ2n) is 5.56. The molecule has 1 aromatic heterocycles. The Bertz CT molecular complexity index is 377. The zero-order valence-electron chi connectivity index (χ0n) is 11.0. The molecule has 3 N–H and O–H groups in total. The minimum Gasteiger partial charge on any atom is -0.462 e. The van der Waals surface area contributed by atoms with Crippen LogP contribution in [0.1, 0.15) is 44.1 Å². The summed E-state index contributed by atoms with van der Waals surface area (Å²) in [5.74, 6) is 1.98. The second-order valence-corrected chi connectivity index (χ2v) is 5.56. The highest BCUT2D eigenvalue weighted by Crippen LogP contribution is 2.31. The minimum absolute atomic E-state index is 0.0680. The molecule has 0 aliphatic heterocycles. The molecule has 0 amide bonds. The highest BCUT2D eigenvalue weighted by Gasteiger charge is 2.32. The van der Waals surface area contributed by atoms with E-state index in [4.69, 9.17) is 9.52 Å². The van der Waals surface area contributed by atoms with Crippen LogP contribution in [0, 0.1) is 5.92 Å². The van der Waals surface area contributed by atoms with E-state index in [1.54, 1.807) is 6.07 Å². The zero-order chi connectivity index (χ0) is 13.0.